The van der Waals surface area contributed by atoms with Gasteiger partial charge in [-0.2, -0.15) is 0 Å². The summed E-state index contributed by atoms with van der Waals surface area (Å²) in [4.78, 5) is 2.82. The molecule has 0 radical (unpaired) electrons. The molecule has 5 fully saturated rings. The Morgan fingerprint density at radius 2 is 1.88 bits per heavy atom. The molecule has 5 heteroatoms. The highest BCUT2D eigenvalue weighted by Crippen LogP contribution is 2.80. The van der Waals surface area contributed by atoms with Gasteiger partial charge in [0.05, 0.1) is 5.60 Å². The van der Waals surface area contributed by atoms with E-state index in [1.54, 1.807) is 0 Å². The SMILES string of the molecule is COC12CCC3(CC1C(C)(O)C(C)(C)C)C(C)N(CC1CC1)C1CC34c3c1ccc(O)c3OC24. The first-order valence-electron chi connectivity index (χ1n) is 13.5. The Bertz CT molecular complexity index is 1070. The van der Waals surface area contributed by atoms with Crippen molar-refractivity contribution in [2.24, 2.45) is 22.7 Å². The molecule has 1 aromatic rings. The maximum absolute atomic E-state index is 12.2. The Kier molecular flexibility index (Phi) is 3.97. The van der Waals surface area contributed by atoms with E-state index in [1.807, 2.05) is 20.1 Å². The number of phenols is 1. The van der Waals surface area contributed by atoms with Crippen molar-refractivity contribution in [2.45, 2.75) is 108 Å². The molecule has 186 valence electrons. The molecule has 1 aromatic carbocycles. The van der Waals surface area contributed by atoms with Crippen molar-refractivity contribution < 1.29 is 19.7 Å². The van der Waals surface area contributed by atoms with Gasteiger partial charge in [-0.1, -0.05) is 26.8 Å². The molecule has 2 heterocycles. The Balaban J connectivity index is 1.49. The first-order chi connectivity index (χ1) is 15.9. The third-order valence-electron chi connectivity index (χ3n) is 12.1. The number of aliphatic hydroxyl groups is 1. The highest BCUT2D eigenvalue weighted by molar-refractivity contribution is 5.65. The van der Waals surface area contributed by atoms with Gasteiger partial charge in [0.1, 0.15) is 11.7 Å². The Morgan fingerprint density at radius 3 is 2.53 bits per heavy atom. The van der Waals surface area contributed by atoms with Crippen molar-refractivity contribution in [3.63, 3.8) is 0 Å². The van der Waals surface area contributed by atoms with Crippen LogP contribution >= 0.6 is 0 Å². The van der Waals surface area contributed by atoms with E-state index < -0.39 is 11.2 Å². The zero-order valence-corrected chi connectivity index (χ0v) is 21.6. The highest BCUT2D eigenvalue weighted by atomic mass is 16.6. The normalized spacial score (nSPS) is 45.7. The van der Waals surface area contributed by atoms with Crippen LogP contribution in [-0.2, 0) is 10.2 Å². The molecule has 2 spiro atoms. The van der Waals surface area contributed by atoms with Crippen molar-refractivity contribution in [3.05, 3.63) is 23.3 Å². The van der Waals surface area contributed by atoms with Crippen molar-refractivity contribution in [3.8, 4) is 11.5 Å². The van der Waals surface area contributed by atoms with Gasteiger partial charge in [0.15, 0.2) is 11.5 Å². The van der Waals surface area contributed by atoms with E-state index in [0.29, 0.717) is 17.8 Å². The molecule has 8 unspecified atom stereocenters. The summed E-state index contributed by atoms with van der Waals surface area (Å²) < 4.78 is 13.4. The number of ether oxygens (including phenoxy) is 2. The summed E-state index contributed by atoms with van der Waals surface area (Å²) in [6.07, 6.45) is 6.49. The van der Waals surface area contributed by atoms with Crippen LogP contribution in [0.2, 0.25) is 0 Å². The van der Waals surface area contributed by atoms with Crippen LogP contribution < -0.4 is 4.74 Å². The van der Waals surface area contributed by atoms with Gasteiger partial charge in [0.2, 0.25) is 0 Å². The summed E-state index contributed by atoms with van der Waals surface area (Å²) in [6.45, 7) is 12.1. The highest BCUT2D eigenvalue weighted by Gasteiger charge is 2.83. The van der Waals surface area contributed by atoms with E-state index in [-0.39, 0.29) is 34.0 Å². The number of hydrogen-bond acceptors (Lipinski definition) is 5. The second-order valence-electron chi connectivity index (χ2n) is 13.9. The number of piperidine rings is 1. The van der Waals surface area contributed by atoms with Crippen LogP contribution in [0.15, 0.2) is 12.1 Å². The molecular weight excluding hydrogens is 426 g/mol. The van der Waals surface area contributed by atoms with Crippen LogP contribution in [0.4, 0.5) is 0 Å². The topological polar surface area (TPSA) is 62.2 Å². The standard InChI is InChI=1S/C29H41NO4/c1-16-27-11-12-29(33-6,21(14-27)26(5,32)25(2,3)4)24-28(27)13-19(30(16)15-17-7-8-17)18-9-10-20(31)23(34-24)22(18)28/h9-10,16-17,19,21,24,31-32H,7-8,11-15H2,1-6H3. The molecule has 8 atom stereocenters. The average molecular weight is 468 g/mol. The monoisotopic (exact) mass is 467 g/mol. The summed E-state index contributed by atoms with van der Waals surface area (Å²) >= 11 is 0. The van der Waals surface area contributed by atoms with E-state index in [1.165, 1.54) is 30.5 Å². The molecular formula is C29H41NO4. The maximum Gasteiger partial charge on any atom is 0.165 e. The second-order valence-corrected chi connectivity index (χ2v) is 13.9. The molecule has 0 amide bonds. The van der Waals surface area contributed by atoms with Crippen molar-refractivity contribution in [1.29, 1.82) is 0 Å². The van der Waals surface area contributed by atoms with E-state index in [0.717, 1.165) is 31.6 Å². The van der Waals surface area contributed by atoms with E-state index in [4.69, 9.17) is 9.47 Å². The minimum atomic E-state index is -0.919. The quantitative estimate of drug-likeness (QED) is 0.657. The largest absolute Gasteiger partial charge is 0.504 e. The number of fused-ring (bicyclic) bond motifs is 4. The number of aromatic hydroxyl groups is 1. The predicted octanol–water partition coefficient (Wildman–Crippen LogP) is 4.93. The molecule has 5 nitrogen and oxygen atoms in total. The molecule has 5 aliphatic carbocycles. The molecule has 2 N–H and O–H groups in total. The molecule has 4 bridgehead atoms. The van der Waals surface area contributed by atoms with Crippen LogP contribution in [0.3, 0.4) is 0 Å². The Labute approximate surface area is 203 Å². The molecule has 34 heavy (non-hydrogen) atoms. The lowest BCUT2D eigenvalue weighted by Gasteiger charge is -2.73. The van der Waals surface area contributed by atoms with E-state index in [9.17, 15) is 10.2 Å². The summed E-state index contributed by atoms with van der Waals surface area (Å²) in [6, 6.07) is 4.80. The average Bonchev–Trinajstić information content (AvgIpc) is 3.45. The van der Waals surface area contributed by atoms with Crippen molar-refractivity contribution in [1.82, 2.24) is 4.90 Å². The summed E-state index contributed by atoms with van der Waals surface area (Å²) in [5.74, 6) is 1.74. The number of nitrogens with zero attached hydrogens (tertiary/aromatic N) is 1. The zero-order chi connectivity index (χ0) is 24.1. The lowest BCUT2D eigenvalue weighted by molar-refractivity contribution is -0.310. The second kappa shape index (κ2) is 6.15. The number of methoxy groups -OCH3 is 1. The van der Waals surface area contributed by atoms with E-state index >= 15 is 0 Å². The fraction of sp³-hybridized carbons (Fsp3) is 0.793. The number of benzene rings is 1. The maximum atomic E-state index is 12.2. The van der Waals surface area contributed by atoms with Crippen LogP contribution in [0.1, 0.15) is 90.3 Å². The van der Waals surface area contributed by atoms with Gasteiger partial charge in [-0.05, 0) is 80.8 Å². The summed E-state index contributed by atoms with van der Waals surface area (Å²) in [5.41, 5.74) is 0.701. The van der Waals surface area contributed by atoms with Gasteiger partial charge >= 0.3 is 0 Å². The van der Waals surface area contributed by atoms with E-state index in [2.05, 4.69) is 38.7 Å². The Morgan fingerprint density at radius 1 is 1.15 bits per heavy atom. The number of likely N-dealkylation sites (tertiary alicyclic amines) is 1. The Hall–Kier alpha value is -1.30. The number of rotatable bonds is 4. The van der Waals surface area contributed by atoms with Crippen LogP contribution in [0.25, 0.3) is 0 Å². The first kappa shape index (κ1) is 21.9. The third-order valence-corrected chi connectivity index (χ3v) is 12.1. The molecule has 2 aliphatic heterocycles. The third kappa shape index (κ3) is 2.13. The molecule has 0 aromatic heterocycles. The van der Waals surface area contributed by atoms with Gasteiger partial charge in [-0.15, -0.1) is 0 Å². The van der Waals surface area contributed by atoms with Gasteiger partial charge in [-0.3, -0.25) is 4.90 Å². The lowest BCUT2D eigenvalue weighted by atomic mass is 9.36. The zero-order valence-electron chi connectivity index (χ0n) is 21.6. The van der Waals surface area contributed by atoms with Crippen LogP contribution in [0, 0.1) is 22.7 Å². The van der Waals surface area contributed by atoms with Gasteiger partial charge < -0.3 is 19.7 Å². The summed E-state index contributed by atoms with van der Waals surface area (Å²) in [7, 11) is 1.83. The van der Waals surface area contributed by atoms with Gasteiger partial charge in [-0.25, -0.2) is 0 Å². The van der Waals surface area contributed by atoms with Crippen molar-refractivity contribution in [2.75, 3.05) is 13.7 Å². The minimum Gasteiger partial charge on any atom is -0.504 e. The molecule has 7 aliphatic rings. The predicted molar refractivity (Wildman–Crippen MR) is 130 cm³/mol. The fourth-order valence-corrected chi connectivity index (χ4v) is 9.67. The molecule has 4 saturated carbocycles. The summed E-state index contributed by atoms with van der Waals surface area (Å²) in [5, 5.41) is 23.2. The van der Waals surface area contributed by atoms with Crippen molar-refractivity contribution >= 4 is 0 Å². The lowest BCUT2D eigenvalue weighted by Crippen LogP contribution is -2.81. The number of hydrogen-bond donors (Lipinski definition) is 2. The van der Waals surface area contributed by atoms with Crippen LogP contribution in [-0.4, -0.2) is 52.1 Å². The fourth-order valence-electron chi connectivity index (χ4n) is 9.67. The minimum absolute atomic E-state index is 0.00641. The molecule has 8 rings (SSSR count). The van der Waals surface area contributed by atoms with Gasteiger partial charge in [0, 0.05) is 42.6 Å². The number of phenolic OH excluding ortho intramolecular Hbond substituents is 1. The first-order valence-corrected chi connectivity index (χ1v) is 13.5. The molecule has 1 saturated heterocycles. The van der Waals surface area contributed by atoms with Gasteiger partial charge in [0.25, 0.3) is 0 Å². The smallest absolute Gasteiger partial charge is 0.165 e. The van der Waals surface area contributed by atoms with Crippen LogP contribution in [0.5, 0.6) is 11.5 Å².